The van der Waals surface area contributed by atoms with Gasteiger partial charge in [0.15, 0.2) is 5.78 Å². The average molecular weight is 276 g/mol. The fraction of sp³-hybridized carbons (Fsp3) is 0.214. The van der Waals surface area contributed by atoms with E-state index in [1.54, 1.807) is 0 Å². The Labute approximate surface area is 113 Å². The topological polar surface area (TPSA) is 118 Å². The van der Waals surface area contributed by atoms with Gasteiger partial charge in [0.1, 0.15) is 23.0 Å². The van der Waals surface area contributed by atoms with Gasteiger partial charge >= 0.3 is 0 Å². The van der Waals surface area contributed by atoms with Gasteiger partial charge in [-0.15, -0.1) is 0 Å². The molecule has 5 N–H and O–H groups in total. The second kappa shape index (κ2) is 4.01. The third-order valence-electron chi connectivity index (χ3n) is 3.56. The number of hydrogen-bond acceptors (Lipinski definition) is 6. The molecule has 104 valence electrons. The Morgan fingerprint density at radius 3 is 2.40 bits per heavy atom. The van der Waals surface area contributed by atoms with Crippen molar-refractivity contribution >= 4 is 16.6 Å². The van der Waals surface area contributed by atoms with Crippen LogP contribution in [0.3, 0.4) is 0 Å². The van der Waals surface area contributed by atoms with Crippen molar-refractivity contribution in [2.45, 2.75) is 18.9 Å². The van der Waals surface area contributed by atoms with Crippen LogP contribution in [0.5, 0.6) is 23.0 Å². The second-order valence-electron chi connectivity index (χ2n) is 4.92. The second-order valence-corrected chi connectivity index (χ2v) is 4.92. The van der Waals surface area contributed by atoms with Crippen LogP contribution >= 0.6 is 0 Å². The fourth-order valence-electron chi connectivity index (χ4n) is 2.72. The Balaban J connectivity index is 2.48. The predicted octanol–water partition coefficient (Wildman–Crippen LogP) is 1.15. The number of aliphatic hydroxyl groups is 1. The van der Waals surface area contributed by atoms with E-state index >= 15 is 0 Å². The van der Waals surface area contributed by atoms with Crippen molar-refractivity contribution in [3.05, 3.63) is 23.3 Å². The lowest BCUT2D eigenvalue weighted by Crippen LogP contribution is -2.24. The van der Waals surface area contributed by atoms with Crippen molar-refractivity contribution in [1.82, 2.24) is 0 Å². The number of aromatic hydroxyl groups is 4. The number of aliphatic hydroxyl groups excluding tert-OH is 1. The largest absolute Gasteiger partial charge is 0.508 e. The third-order valence-corrected chi connectivity index (χ3v) is 3.56. The number of Topliss-reactive ketones (excluding diaryl/α,β-unsaturated/α-hetero) is 1. The maximum atomic E-state index is 11.9. The van der Waals surface area contributed by atoms with Crippen molar-refractivity contribution in [2.24, 2.45) is 0 Å². The predicted molar refractivity (Wildman–Crippen MR) is 69.3 cm³/mol. The molecule has 0 amide bonds. The molecule has 0 saturated heterocycles. The van der Waals surface area contributed by atoms with E-state index in [1.165, 1.54) is 6.07 Å². The quantitative estimate of drug-likeness (QED) is 0.461. The summed E-state index contributed by atoms with van der Waals surface area (Å²) in [5, 5.41) is 49.2. The molecule has 0 aromatic heterocycles. The molecule has 2 aromatic rings. The molecule has 20 heavy (non-hydrogen) atoms. The van der Waals surface area contributed by atoms with E-state index in [9.17, 15) is 30.3 Å². The molecule has 1 atom stereocenters. The molecule has 0 spiro atoms. The SMILES string of the molecule is O=C1C[C@H](O)Cc2c1c(O)c1c(O)cc(O)cc1c2O. The van der Waals surface area contributed by atoms with Gasteiger partial charge in [-0.25, -0.2) is 0 Å². The number of fused-ring (bicyclic) bond motifs is 2. The minimum Gasteiger partial charge on any atom is -0.508 e. The number of rotatable bonds is 0. The van der Waals surface area contributed by atoms with Gasteiger partial charge in [0.2, 0.25) is 0 Å². The van der Waals surface area contributed by atoms with E-state index in [-0.39, 0.29) is 46.2 Å². The average Bonchev–Trinajstić information content (AvgIpc) is 2.34. The van der Waals surface area contributed by atoms with Crippen LogP contribution in [-0.2, 0) is 6.42 Å². The molecule has 0 unspecified atom stereocenters. The summed E-state index contributed by atoms with van der Waals surface area (Å²) >= 11 is 0. The Bertz CT molecular complexity index is 749. The zero-order chi connectivity index (χ0) is 14.6. The van der Waals surface area contributed by atoms with Crippen LogP contribution in [0.4, 0.5) is 0 Å². The molecule has 0 bridgehead atoms. The van der Waals surface area contributed by atoms with Crippen LogP contribution in [0, 0.1) is 0 Å². The summed E-state index contributed by atoms with van der Waals surface area (Å²) in [6.45, 7) is 0. The van der Waals surface area contributed by atoms with Gasteiger partial charge < -0.3 is 25.5 Å². The number of hydrogen-bond donors (Lipinski definition) is 5. The zero-order valence-electron chi connectivity index (χ0n) is 10.3. The van der Waals surface area contributed by atoms with Crippen LogP contribution in [-0.4, -0.2) is 37.4 Å². The van der Waals surface area contributed by atoms with Gasteiger partial charge in [-0.2, -0.15) is 0 Å². The third kappa shape index (κ3) is 1.58. The maximum absolute atomic E-state index is 11.9. The fourth-order valence-corrected chi connectivity index (χ4v) is 2.72. The van der Waals surface area contributed by atoms with Gasteiger partial charge in [0.25, 0.3) is 0 Å². The molecule has 0 fully saturated rings. The zero-order valence-corrected chi connectivity index (χ0v) is 10.3. The van der Waals surface area contributed by atoms with Crippen molar-refractivity contribution in [2.75, 3.05) is 0 Å². The highest BCUT2D eigenvalue weighted by Gasteiger charge is 2.32. The highest BCUT2D eigenvalue weighted by Crippen LogP contribution is 2.47. The number of carbonyl (C=O) groups is 1. The van der Waals surface area contributed by atoms with E-state index in [2.05, 4.69) is 0 Å². The van der Waals surface area contributed by atoms with E-state index < -0.39 is 23.4 Å². The number of ketones is 1. The van der Waals surface area contributed by atoms with Crippen molar-refractivity contribution in [3.8, 4) is 23.0 Å². The molecular formula is C14H12O6. The first-order chi connectivity index (χ1) is 9.40. The normalized spacial score (nSPS) is 18.2. The molecule has 2 aromatic carbocycles. The first kappa shape index (κ1) is 12.6. The molecule has 6 nitrogen and oxygen atoms in total. The summed E-state index contributed by atoms with van der Waals surface area (Å²) in [5.41, 5.74) is 0.0463. The molecule has 0 radical (unpaired) electrons. The Hall–Kier alpha value is -2.47. The summed E-state index contributed by atoms with van der Waals surface area (Å²) in [6, 6.07) is 2.19. The van der Waals surface area contributed by atoms with Gasteiger partial charge in [0, 0.05) is 29.9 Å². The van der Waals surface area contributed by atoms with Gasteiger partial charge in [-0.3, -0.25) is 4.79 Å². The molecule has 6 heteroatoms. The first-order valence-electron chi connectivity index (χ1n) is 6.04. The Morgan fingerprint density at radius 2 is 1.70 bits per heavy atom. The molecule has 0 aliphatic heterocycles. The van der Waals surface area contributed by atoms with Crippen molar-refractivity contribution < 1.29 is 30.3 Å². The lowest BCUT2D eigenvalue weighted by atomic mass is 9.85. The van der Waals surface area contributed by atoms with Crippen molar-refractivity contribution in [3.63, 3.8) is 0 Å². The molecule has 1 aliphatic rings. The minimum absolute atomic E-state index is 0.0207. The highest BCUT2D eigenvalue weighted by molar-refractivity contribution is 6.11. The van der Waals surface area contributed by atoms with Crippen LogP contribution < -0.4 is 0 Å². The van der Waals surface area contributed by atoms with E-state index in [1.807, 2.05) is 0 Å². The lowest BCUT2D eigenvalue weighted by Gasteiger charge is -2.23. The Morgan fingerprint density at radius 1 is 1.00 bits per heavy atom. The van der Waals surface area contributed by atoms with Crippen LogP contribution in [0.1, 0.15) is 22.3 Å². The maximum Gasteiger partial charge on any atom is 0.169 e. The first-order valence-corrected chi connectivity index (χ1v) is 6.04. The minimum atomic E-state index is -0.927. The van der Waals surface area contributed by atoms with Gasteiger partial charge in [0.05, 0.1) is 17.1 Å². The summed E-state index contributed by atoms with van der Waals surface area (Å²) < 4.78 is 0. The van der Waals surface area contributed by atoms with Crippen LogP contribution in [0.15, 0.2) is 12.1 Å². The molecule has 0 heterocycles. The summed E-state index contributed by atoms with van der Waals surface area (Å²) in [7, 11) is 0. The standard InChI is InChI=1S/C14H12O6/c15-5-1-7-11(9(17)3-5)14(20)12-8(13(7)19)2-6(16)4-10(12)18/h1,3,6,15-17,19-20H,2,4H2/t6-/m1/s1. The number of phenols is 4. The van der Waals surface area contributed by atoms with E-state index in [4.69, 9.17) is 0 Å². The van der Waals surface area contributed by atoms with Crippen LogP contribution in [0.25, 0.3) is 10.8 Å². The van der Waals surface area contributed by atoms with Gasteiger partial charge in [-0.05, 0) is 6.07 Å². The van der Waals surface area contributed by atoms with Crippen LogP contribution in [0.2, 0.25) is 0 Å². The number of phenolic OH excluding ortho intramolecular Hbond substituents is 4. The molecule has 1 aliphatic carbocycles. The van der Waals surface area contributed by atoms with E-state index in [0.717, 1.165) is 6.07 Å². The molecule has 0 saturated carbocycles. The number of carbonyl (C=O) groups excluding carboxylic acids is 1. The highest BCUT2D eigenvalue weighted by atomic mass is 16.3. The lowest BCUT2D eigenvalue weighted by molar-refractivity contribution is 0.0848. The Kier molecular flexibility index (Phi) is 2.52. The number of benzene rings is 2. The summed E-state index contributed by atoms with van der Waals surface area (Å²) in [5.74, 6) is -1.99. The van der Waals surface area contributed by atoms with E-state index in [0.29, 0.717) is 0 Å². The van der Waals surface area contributed by atoms with Gasteiger partial charge in [-0.1, -0.05) is 0 Å². The smallest absolute Gasteiger partial charge is 0.169 e. The summed E-state index contributed by atoms with van der Waals surface area (Å²) in [4.78, 5) is 11.9. The summed E-state index contributed by atoms with van der Waals surface area (Å²) in [6.07, 6.45) is -1.05. The molecular weight excluding hydrogens is 264 g/mol. The monoisotopic (exact) mass is 276 g/mol. The molecule has 3 rings (SSSR count). The van der Waals surface area contributed by atoms with Crippen molar-refractivity contribution in [1.29, 1.82) is 0 Å².